The highest BCUT2D eigenvalue weighted by Crippen LogP contribution is 2.40. The SMILES string of the molecule is O=C(CSC1=NC2(CCCC2)N=C1c1ccc(Br)cc1)Nc1cc(Cl)cc(Cl)c1. The molecule has 1 aliphatic heterocycles. The number of amides is 1. The van der Waals surface area contributed by atoms with E-state index in [9.17, 15) is 4.79 Å². The van der Waals surface area contributed by atoms with E-state index >= 15 is 0 Å². The van der Waals surface area contributed by atoms with E-state index in [2.05, 4.69) is 21.2 Å². The molecule has 0 atom stereocenters. The van der Waals surface area contributed by atoms with Crippen LogP contribution in [0.25, 0.3) is 0 Å². The average Bonchev–Trinajstić information content (AvgIpc) is 3.27. The van der Waals surface area contributed by atoms with Crippen LogP contribution in [0.1, 0.15) is 31.2 Å². The minimum Gasteiger partial charge on any atom is -0.325 e. The molecule has 2 aliphatic rings. The zero-order valence-corrected chi connectivity index (χ0v) is 19.3. The Kier molecular flexibility index (Phi) is 6.35. The largest absolute Gasteiger partial charge is 0.325 e. The second-order valence-electron chi connectivity index (χ2n) is 7.07. The lowest BCUT2D eigenvalue weighted by Gasteiger charge is -2.14. The van der Waals surface area contributed by atoms with Crippen molar-refractivity contribution in [3.05, 3.63) is 62.5 Å². The molecule has 8 heteroatoms. The summed E-state index contributed by atoms with van der Waals surface area (Å²) in [6.07, 6.45) is 4.19. The van der Waals surface area contributed by atoms with Gasteiger partial charge >= 0.3 is 0 Å². The number of nitrogens with one attached hydrogen (secondary N) is 1. The van der Waals surface area contributed by atoms with E-state index in [0.717, 1.165) is 46.5 Å². The van der Waals surface area contributed by atoms with Gasteiger partial charge in [-0.05, 0) is 56.0 Å². The maximum absolute atomic E-state index is 12.5. The molecular formula is C21H18BrCl2N3OS. The van der Waals surface area contributed by atoms with Crippen molar-refractivity contribution >= 4 is 73.2 Å². The average molecular weight is 511 g/mol. The highest BCUT2D eigenvalue weighted by molar-refractivity contribution is 9.10. The van der Waals surface area contributed by atoms with Crippen molar-refractivity contribution in [2.45, 2.75) is 31.3 Å². The van der Waals surface area contributed by atoms with Crippen molar-refractivity contribution in [1.29, 1.82) is 0 Å². The Hall–Kier alpha value is -1.34. The van der Waals surface area contributed by atoms with Crippen molar-refractivity contribution in [3.8, 4) is 0 Å². The van der Waals surface area contributed by atoms with Gasteiger partial charge in [-0.2, -0.15) is 0 Å². The highest BCUT2D eigenvalue weighted by Gasteiger charge is 2.39. The van der Waals surface area contributed by atoms with Crippen LogP contribution in [0.4, 0.5) is 5.69 Å². The van der Waals surface area contributed by atoms with Crippen LogP contribution in [0.2, 0.25) is 10.0 Å². The quantitative estimate of drug-likeness (QED) is 0.503. The first-order chi connectivity index (χ1) is 13.9. The van der Waals surface area contributed by atoms with Crippen molar-refractivity contribution < 1.29 is 4.79 Å². The van der Waals surface area contributed by atoms with Crippen LogP contribution < -0.4 is 5.32 Å². The molecule has 1 saturated carbocycles. The molecule has 1 amide bonds. The number of halogens is 3. The van der Waals surface area contributed by atoms with Crippen LogP contribution in [0.5, 0.6) is 0 Å². The number of benzene rings is 2. The Morgan fingerprint density at radius 3 is 2.38 bits per heavy atom. The molecule has 1 N–H and O–H groups in total. The lowest BCUT2D eigenvalue weighted by atomic mass is 10.1. The topological polar surface area (TPSA) is 53.8 Å². The molecule has 0 bridgehead atoms. The first-order valence-corrected chi connectivity index (χ1v) is 11.8. The van der Waals surface area contributed by atoms with E-state index < -0.39 is 0 Å². The summed E-state index contributed by atoms with van der Waals surface area (Å²) >= 11 is 16.9. The molecule has 1 spiro atoms. The number of thioether (sulfide) groups is 1. The Labute approximate surface area is 192 Å². The standard InChI is InChI=1S/C21H18BrCl2N3OS/c22-14-5-3-13(4-6-14)19-20(27-21(26-19)7-1-2-8-21)29-12-18(28)25-17-10-15(23)9-16(24)11-17/h3-6,9-11H,1-2,7-8,12H2,(H,25,28). The molecule has 0 radical (unpaired) electrons. The fraction of sp³-hybridized carbons (Fsp3) is 0.286. The van der Waals surface area contributed by atoms with Gasteiger partial charge in [-0.3, -0.25) is 9.79 Å². The molecule has 29 heavy (non-hydrogen) atoms. The van der Waals surface area contributed by atoms with Gasteiger partial charge in [-0.25, -0.2) is 4.99 Å². The predicted octanol–water partition coefficient (Wildman–Crippen LogP) is 6.60. The second-order valence-corrected chi connectivity index (χ2v) is 9.82. The van der Waals surface area contributed by atoms with Crippen LogP contribution in [-0.2, 0) is 4.79 Å². The van der Waals surface area contributed by atoms with Crippen molar-refractivity contribution in [3.63, 3.8) is 0 Å². The summed E-state index contributed by atoms with van der Waals surface area (Å²) in [4.78, 5) is 22.4. The fourth-order valence-corrected chi connectivity index (χ4v) is 5.21. The van der Waals surface area contributed by atoms with E-state index in [1.54, 1.807) is 18.2 Å². The molecule has 4 nitrogen and oxygen atoms in total. The zero-order chi connectivity index (χ0) is 20.4. The summed E-state index contributed by atoms with van der Waals surface area (Å²) in [5.41, 5.74) is 2.13. The lowest BCUT2D eigenvalue weighted by Crippen LogP contribution is -2.17. The summed E-state index contributed by atoms with van der Waals surface area (Å²) in [6.45, 7) is 0. The fourth-order valence-electron chi connectivity index (χ4n) is 3.54. The van der Waals surface area contributed by atoms with Gasteiger partial charge in [-0.15, -0.1) is 0 Å². The Balaban J connectivity index is 1.49. The summed E-state index contributed by atoms with van der Waals surface area (Å²) in [7, 11) is 0. The number of anilines is 1. The third-order valence-corrected chi connectivity index (χ3v) is 6.77. The number of carbonyl (C=O) groups excluding carboxylic acids is 1. The maximum atomic E-state index is 12.5. The van der Waals surface area contributed by atoms with Gasteiger partial charge in [0, 0.05) is 25.8 Å². The van der Waals surface area contributed by atoms with Gasteiger partial charge in [0.2, 0.25) is 5.91 Å². The summed E-state index contributed by atoms with van der Waals surface area (Å²) in [5.74, 6) is 0.0905. The summed E-state index contributed by atoms with van der Waals surface area (Å²) in [5, 5.41) is 4.63. The van der Waals surface area contributed by atoms with Gasteiger partial charge in [-0.1, -0.05) is 63.0 Å². The number of rotatable bonds is 4. The van der Waals surface area contributed by atoms with Crippen molar-refractivity contribution in [2.75, 3.05) is 11.1 Å². The molecule has 1 aliphatic carbocycles. The third-order valence-electron chi connectivity index (χ3n) is 4.84. The van der Waals surface area contributed by atoms with Gasteiger partial charge < -0.3 is 5.32 Å². The number of hydrogen-bond donors (Lipinski definition) is 1. The monoisotopic (exact) mass is 509 g/mol. The van der Waals surface area contributed by atoms with E-state index in [1.165, 1.54) is 11.8 Å². The van der Waals surface area contributed by atoms with Gasteiger partial charge in [0.1, 0.15) is 5.04 Å². The molecule has 1 heterocycles. The van der Waals surface area contributed by atoms with Crippen LogP contribution in [0.15, 0.2) is 56.9 Å². The van der Waals surface area contributed by atoms with E-state index in [4.69, 9.17) is 33.2 Å². The van der Waals surface area contributed by atoms with Gasteiger partial charge in [0.15, 0.2) is 5.66 Å². The first-order valence-electron chi connectivity index (χ1n) is 9.27. The molecule has 1 fully saturated rings. The molecule has 0 saturated heterocycles. The van der Waals surface area contributed by atoms with Crippen LogP contribution in [0.3, 0.4) is 0 Å². The molecule has 0 aromatic heterocycles. The normalized spacial score (nSPS) is 17.3. The van der Waals surface area contributed by atoms with Crippen LogP contribution in [0, 0.1) is 0 Å². The predicted molar refractivity (Wildman–Crippen MR) is 127 cm³/mol. The van der Waals surface area contributed by atoms with Gasteiger partial charge in [0.05, 0.1) is 11.5 Å². The number of hydrogen-bond acceptors (Lipinski definition) is 4. The number of nitrogens with zero attached hydrogens (tertiary/aromatic N) is 2. The van der Waals surface area contributed by atoms with Gasteiger partial charge in [0.25, 0.3) is 0 Å². The summed E-state index contributed by atoms with van der Waals surface area (Å²) < 4.78 is 1.01. The van der Waals surface area contributed by atoms with Crippen molar-refractivity contribution in [1.82, 2.24) is 0 Å². The lowest BCUT2D eigenvalue weighted by molar-refractivity contribution is -0.113. The molecular weight excluding hydrogens is 493 g/mol. The highest BCUT2D eigenvalue weighted by atomic mass is 79.9. The Morgan fingerprint density at radius 2 is 1.72 bits per heavy atom. The minimum atomic E-state index is -0.346. The van der Waals surface area contributed by atoms with Crippen LogP contribution >= 0.6 is 50.9 Å². The number of carbonyl (C=O) groups is 1. The maximum Gasteiger partial charge on any atom is 0.234 e. The Morgan fingerprint density at radius 1 is 1.07 bits per heavy atom. The second kappa shape index (κ2) is 8.80. The van der Waals surface area contributed by atoms with E-state index in [-0.39, 0.29) is 17.3 Å². The van der Waals surface area contributed by atoms with E-state index in [1.807, 2.05) is 24.3 Å². The summed E-state index contributed by atoms with van der Waals surface area (Å²) in [6, 6.07) is 13.0. The Bertz CT molecular complexity index is 981. The minimum absolute atomic E-state index is 0.140. The third kappa shape index (κ3) is 5.05. The van der Waals surface area contributed by atoms with Crippen LogP contribution in [-0.4, -0.2) is 28.1 Å². The number of aliphatic imine (C=N–C) groups is 2. The van der Waals surface area contributed by atoms with E-state index in [0.29, 0.717) is 15.7 Å². The molecule has 2 aromatic carbocycles. The first kappa shape index (κ1) is 20.9. The smallest absolute Gasteiger partial charge is 0.234 e. The molecule has 2 aromatic rings. The zero-order valence-electron chi connectivity index (χ0n) is 15.4. The molecule has 4 rings (SSSR count). The molecule has 0 unspecified atom stereocenters. The molecule has 150 valence electrons. The van der Waals surface area contributed by atoms with Crippen molar-refractivity contribution in [2.24, 2.45) is 9.98 Å².